The summed E-state index contributed by atoms with van der Waals surface area (Å²) in [4.78, 5) is 27.7. The lowest BCUT2D eigenvalue weighted by molar-refractivity contribution is 0.0991. The molecule has 4 aromatic heterocycles. The Balaban J connectivity index is 1.34. The zero-order valence-corrected chi connectivity index (χ0v) is 22.5. The first-order chi connectivity index (χ1) is 19.8. The molecule has 1 aliphatic rings. The Kier molecular flexibility index (Phi) is 7.38. The van der Waals surface area contributed by atoms with Crippen molar-refractivity contribution in [2.24, 2.45) is 0 Å². The molecule has 5 aromatic rings. The molecule has 1 aliphatic heterocycles. The number of Topliss-reactive ketones (excluding diaryl/α,β-unsaturated/α-hetero) is 1. The third kappa shape index (κ3) is 5.77. The number of nitrogens with zero attached hydrogens (tertiary/aromatic N) is 7. The van der Waals surface area contributed by atoms with Crippen LogP contribution in [0.1, 0.15) is 41.9 Å². The monoisotopic (exact) mass is 557 g/mol. The highest BCUT2D eigenvalue weighted by molar-refractivity contribution is 5.97. The van der Waals surface area contributed by atoms with E-state index in [9.17, 15) is 18.7 Å². The van der Waals surface area contributed by atoms with Gasteiger partial charge in [-0.05, 0) is 62.2 Å². The van der Waals surface area contributed by atoms with Gasteiger partial charge >= 0.3 is 0 Å². The van der Waals surface area contributed by atoms with Crippen molar-refractivity contribution in [1.29, 1.82) is 0 Å². The van der Waals surface area contributed by atoms with Crippen LogP contribution in [0.15, 0.2) is 67.3 Å². The van der Waals surface area contributed by atoms with E-state index in [0.29, 0.717) is 29.3 Å². The van der Waals surface area contributed by atoms with Gasteiger partial charge in [0, 0.05) is 49.1 Å². The van der Waals surface area contributed by atoms with Crippen molar-refractivity contribution < 1.29 is 18.7 Å². The molecule has 1 atom stereocenters. The number of rotatable bonds is 8. The molecule has 0 unspecified atom stereocenters. The second kappa shape index (κ2) is 11.3. The van der Waals surface area contributed by atoms with Gasteiger partial charge in [0.1, 0.15) is 11.5 Å². The topological polar surface area (TPSA) is 101 Å². The highest BCUT2D eigenvalue weighted by Gasteiger charge is 2.26. The molecule has 210 valence electrons. The van der Waals surface area contributed by atoms with Crippen LogP contribution >= 0.6 is 0 Å². The van der Waals surface area contributed by atoms with Crippen molar-refractivity contribution in [3.8, 4) is 22.6 Å². The van der Waals surface area contributed by atoms with E-state index >= 15 is 0 Å². The smallest absolute Gasteiger partial charge is 0.213 e. The first kappa shape index (κ1) is 26.9. The SMILES string of the molecule is C[C@@H](O)CN1CCC(n2cnc(-c3ccc(F)cc3)c2-c2ccc3nc(CC(=O)c4ccnc(F)c4)cn3n2)CC1. The number of benzene rings is 1. The van der Waals surface area contributed by atoms with Crippen molar-refractivity contribution in [2.75, 3.05) is 19.6 Å². The summed E-state index contributed by atoms with van der Waals surface area (Å²) < 4.78 is 31.0. The number of aromatic nitrogens is 6. The van der Waals surface area contributed by atoms with E-state index in [0.717, 1.165) is 43.3 Å². The number of aliphatic hydroxyl groups is 1. The molecule has 0 saturated carbocycles. The molecule has 41 heavy (non-hydrogen) atoms. The summed E-state index contributed by atoms with van der Waals surface area (Å²) in [7, 11) is 0. The Hall–Kier alpha value is -4.35. The van der Waals surface area contributed by atoms with Crippen LogP contribution in [0.3, 0.4) is 0 Å². The van der Waals surface area contributed by atoms with E-state index in [-0.39, 0.29) is 35.7 Å². The van der Waals surface area contributed by atoms with Crippen molar-refractivity contribution in [1.82, 2.24) is 34.0 Å². The minimum atomic E-state index is -0.709. The second-order valence-corrected chi connectivity index (χ2v) is 10.5. The minimum Gasteiger partial charge on any atom is -0.392 e. The highest BCUT2D eigenvalue weighted by Crippen LogP contribution is 2.35. The number of hydrogen-bond acceptors (Lipinski definition) is 7. The lowest BCUT2D eigenvalue weighted by atomic mass is 10.0. The van der Waals surface area contributed by atoms with E-state index in [4.69, 9.17) is 10.1 Å². The zero-order valence-electron chi connectivity index (χ0n) is 22.5. The summed E-state index contributed by atoms with van der Waals surface area (Å²) in [5.41, 5.74) is 4.25. The number of likely N-dealkylation sites (tertiary alicyclic amines) is 1. The van der Waals surface area contributed by atoms with Gasteiger partial charge < -0.3 is 14.6 Å². The summed E-state index contributed by atoms with van der Waals surface area (Å²) in [6, 6.07) is 12.7. The normalized spacial score (nSPS) is 15.4. The number of carbonyl (C=O) groups excluding carboxylic acids is 1. The fourth-order valence-corrected chi connectivity index (χ4v) is 5.45. The predicted octanol–water partition coefficient (Wildman–Crippen LogP) is 4.38. The summed E-state index contributed by atoms with van der Waals surface area (Å²) in [6.07, 6.45) is 6.16. The maximum atomic E-state index is 13.7. The van der Waals surface area contributed by atoms with E-state index in [1.807, 2.05) is 18.5 Å². The summed E-state index contributed by atoms with van der Waals surface area (Å²) >= 11 is 0. The number of fused-ring (bicyclic) bond motifs is 1. The molecule has 1 fully saturated rings. The first-order valence-corrected chi connectivity index (χ1v) is 13.6. The van der Waals surface area contributed by atoms with Gasteiger partial charge in [-0.15, -0.1) is 0 Å². The molecule has 9 nitrogen and oxygen atoms in total. The Bertz CT molecular complexity index is 1690. The van der Waals surface area contributed by atoms with E-state index in [1.54, 1.807) is 29.8 Å². The molecule has 1 aromatic carbocycles. The van der Waals surface area contributed by atoms with Gasteiger partial charge in [-0.25, -0.2) is 23.9 Å². The highest BCUT2D eigenvalue weighted by atomic mass is 19.1. The molecule has 1 saturated heterocycles. The number of aliphatic hydroxyl groups excluding tert-OH is 1. The number of carbonyl (C=O) groups is 1. The molecule has 6 rings (SSSR count). The predicted molar refractivity (Wildman–Crippen MR) is 148 cm³/mol. The third-order valence-electron chi connectivity index (χ3n) is 7.39. The molecule has 0 spiro atoms. The maximum absolute atomic E-state index is 13.7. The number of imidazole rings is 2. The number of piperidine rings is 1. The molecule has 1 N–H and O–H groups in total. The van der Waals surface area contributed by atoms with Crippen LogP contribution in [0, 0.1) is 11.8 Å². The Morgan fingerprint density at radius 2 is 1.85 bits per heavy atom. The van der Waals surface area contributed by atoms with Crippen molar-refractivity contribution in [3.63, 3.8) is 0 Å². The van der Waals surface area contributed by atoms with E-state index in [2.05, 4.69) is 19.4 Å². The molecule has 0 amide bonds. The molecule has 0 radical (unpaired) electrons. The fourth-order valence-electron chi connectivity index (χ4n) is 5.45. The number of β-amino-alcohol motifs (C(OH)–C–C–N with tert-alkyl or cyclic N) is 1. The van der Waals surface area contributed by atoms with Crippen LogP contribution in [0.5, 0.6) is 0 Å². The standard InChI is InChI=1S/C30H29F2N7O2/c1-19(40)16-37-12-9-24(10-13-37)38-18-34-29(20-2-4-22(31)5-3-20)30(38)25-6-7-28-35-23(17-39(28)36-25)15-26(41)21-8-11-33-27(32)14-21/h2-8,11,14,17-19,24,40H,9-10,12-13,15-16H2,1H3/t19-/m1/s1. The zero-order chi connectivity index (χ0) is 28.5. The third-order valence-corrected chi connectivity index (χ3v) is 7.39. The van der Waals surface area contributed by atoms with Gasteiger partial charge in [-0.1, -0.05) is 0 Å². The first-order valence-electron chi connectivity index (χ1n) is 13.6. The van der Waals surface area contributed by atoms with Crippen molar-refractivity contribution in [2.45, 2.75) is 38.3 Å². The number of halogens is 2. The van der Waals surface area contributed by atoms with Crippen LogP contribution in [0.2, 0.25) is 0 Å². The average molecular weight is 558 g/mol. The molecule has 11 heteroatoms. The summed E-state index contributed by atoms with van der Waals surface area (Å²) in [5, 5.41) is 14.6. The van der Waals surface area contributed by atoms with Crippen molar-refractivity contribution in [3.05, 3.63) is 90.3 Å². The molecule has 5 heterocycles. The van der Waals surface area contributed by atoms with Gasteiger partial charge in [0.05, 0.1) is 42.1 Å². The Morgan fingerprint density at radius 1 is 1.07 bits per heavy atom. The number of ketones is 1. The van der Waals surface area contributed by atoms with Crippen LogP contribution < -0.4 is 0 Å². The lowest BCUT2D eigenvalue weighted by Crippen LogP contribution is -2.38. The van der Waals surface area contributed by atoms with Crippen LogP contribution in [0.4, 0.5) is 8.78 Å². The van der Waals surface area contributed by atoms with E-state index < -0.39 is 5.95 Å². The molecule has 0 aliphatic carbocycles. The van der Waals surface area contributed by atoms with Gasteiger partial charge in [-0.3, -0.25) is 4.79 Å². The average Bonchev–Trinajstić information content (AvgIpc) is 3.57. The maximum Gasteiger partial charge on any atom is 0.213 e. The Morgan fingerprint density at radius 3 is 2.59 bits per heavy atom. The second-order valence-electron chi connectivity index (χ2n) is 10.5. The Labute approximate surface area is 235 Å². The van der Waals surface area contributed by atoms with Crippen LogP contribution in [-0.2, 0) is 6.42 Å². The summed E-state index contributed by atoms with van der Waals surface area (Å²) in [5.74, 6) is -1.30. The molecule has 0 bridgehead atoms. The number of hydrogen-bond donors (Lipinski definition) is 1. The molecular weight excluding hydrogens is 528 g/mol. The number of pyridine rings is 1. The van der Waals surface area contributed by atoms with Crippen molar-refractivity contribution >= 4 is 11.4 Å². The lowest BCUT2D eigenvalue weighted by Gasteiger charge is -2.33. The van der Waals surface area contributed by atoms with Crippen LogP contribution in [0.25, 0.3) is 28.3 Å². The van der Waals surface area contributed by atoms with Gasteiger partial charge in [0.2, 0.25) is 5.95 Å². The van der Waals surface area contributed by atoms with Gasteiger partial charge in [0.25, 0.3) is 0 Å². The fraction of sp³-hybridized carbons (Fsp3) is 0.300. The van der Waals surface area contributed by atoms with E-state index in [1.165, 1.54) is 24.4 Å². The largest absolute Gasteiger partial charge is 0.392 e. The molecular formula is C30H29F2N7O2. The quantitative estimate of drug-likeness (QED) is 0.223. The minimum absolute atomic E-state index is 0.00800. The summed E-state index contributed by atoms with van der Waals surface area (Å²) in [6.45, 7) is 4.15. The van der Waals surface area contributed by atoms with Crippen LogP contribution in [-0.4, -0.2) is 70.7 Å². The van der Waals surface area contributed by atoms with Gasteiger partial charge in [0.15, 0.2) is 11.4 Å². The van der Waals surface area contributed by atoms with Gasteiger partial charge in [-0.2, -0.15) is 9.49 Å².